The van der Waals surface area contributed by atoms with E-state index in [1.165, 1.54) is 31.2 Å². The molecule has 2 aromatic rings. The summed E-state index contributed by atoms with van der Waals surface area (Å²) in [6, 6.07) is 8.67. The molecule has 7 heteroatoms. The minimum Gasteiger partial charge on any atom is -0.478 e. The molecule has 1 aromatic carbocycles. The highest BCUT2D eigenvalue weighted by atomic mass is 16.6. The summed E-state index contributed by atoms with van der Waals surface area (Å²) < 4.78 is 5.37. The zero-order chi connectivity index (χ0) is 14.7. The molecule has 7 nitrogen and oxygen atoms in total. The van der Waals surface area contributed by atoms with Gasteiger partial charge in [-0.3, -0.25) is 10.1 Å². The summed E-state index contributed by atoms with van der Waals surface area (Å²) in [7, 11) is 0. The van der Waals surface area contributed by atoms with E-state index in [0.29, 0.717) is 0 Å². The van der Waals surface area contributed by atoms with Crippen molar-refractivity contribution in [2.75, 3.05) is 0 Å². The summed E-state index contributed by atoms with van der Waals surface area (Å²) in [4.78, 5) is 25.1. The molecule has 0 aliphatic carbocycles. The molecular weight excluding hydrogens is 264 g/mol. The minimum absolute atomic E-state index is 0.00898. The molecule has 0 amide bonds. The number of carboxylic acids is 1. The van der Waals surface area contributed by atoms with Crippen molar-refractivity contribution in [3.8, 4) is 11.6 Å². The van der Waals surface area contributed by atoms with Crippen molar-refractivity contribution in [2.45, 2.75) is 6.92 Å². The monoisotopic (exact) mass is 274 g/mol. The van der Waals surface area contributed by atoms with Crippen LogP contribution in [0.2, 0.25) is 0 Å². The van der Waals surface area contributed by atoms with Gasteiger partial charge in [0.2, 0.25) is 5.88 Å². The fourth-order valence-corrected chi connectivity index (χ4v) is 1.63. The van der Waals surface area contributed by atoms with Gasteiger partial charge in [-0.05, 0) is 19.1 Å². The van der Waals surface area contributed by atoms with Crippen molar-refractivity contribution in [1.29, 1.82) is 0 Å². The van der Waals surface area contributed by atoms with Gasteiger partial charge >= 0.3 is 5.97 Å². The lowest BCUT2D eigenvalue weighted by atomic mass is 10.2. The molecule has 0 spiro atoms. The van der Waals surface area contributed by atoms with E-state index in [0.717, 1.165) is 0 Å². The number of hydrogen-bond acceptors (Lipinski definition) is 5. The van der Waals surface area contributed by atoms with E-state index in [-0.39, 0.29) is 28.6 Å². The molecule has 20 heavy (non-hydrogen) atoms. The van der Waals surface area contributed by atoms with Gasteiger partial charge in [-0.15, -0.1) is 0 Å². The van der Waals surface area contributed by atoms with Crippen LogP contribution in [0, 0.1) is 17.0 Å². The summed E-state index contributed by atoms with van der Waals surface area (Å²) in [5, 5.41) is 19.7. The van der Waals surface area contributed by atoms with Crippen LogP contribution in [0.3, 0.4) is 0 Å². The lowest BCUT2D eigenvalue weighted by molar-refractivity contribution is -0.385. The summed E-state index contributed by atoms with van der Waals surface area (Å²) in [6.07, 6.45) is 0. The zero-order valence-corrected chi connectivity index (χ0v) is 10.4. The lowest BCUT2D eigenvalue weighted by Gasteiger charge is -2.08. The van der Waals surface area contributed by atoms with Crippen molar-refractivity contribution in [3.63, 3.8) is 0 Å². The van der Waals surface area contributed by atoms with Crippen molar-refractivity contribution in [1.82, 2.24) is 4.98 Å². The maximum atomic E-state index is 11.0. The first-order valence-corrected chi connectivity index (χ1v) is 5.61. The van der Waals surface area contributed by atoms with Crippen LogP contribution in [-0.4, -0.2) is 21.0 Å². The normalized spacial score (nSPS) is 10.1. The number of benzene rings is 1. The Morgan fingerprint density at radius 3 is 2.60 bits per heavy atom. The van der Waals surface area contributed by atoms with E-state index in [4.69, 9.17) is 9.84 Å². The smallest absolute Gasteiger partial charge is 0.339 e. The minimum atomic E-state index is -1.13. The predicted octanol–water partition coefficient (Wildman–Crippen LogP) is 2.79. The summed E-state index contributed by atoms with van der Waals surface area (Å²) in [5.41, 5.74) is 0.0643. The first-order chi connectivity index (χ1) is 9.49. The molecule has 102 valence electrons. The van der Waals surface area contributed by atoms with Gasteiger partial charge in [0.05, 0.1) is 4.92 Å². The number of carbonyl (C=O) groups is 1. The summed E-state index contributed by atoms with van der Waals surface area (Å²) >= 11 is 0. The fraction of sp³-hybridized carbons (Fsp3) is 0.0769. The maximum Gasteiger partial charge on any atom is 0.339 e. The van der Waals surface area contributed by atoms with Crippen molar-refractivity contribution < 1.29 is 19.6 Å². The Balaban J connectivity index is 2.34. The Labute approximate surface area is 113 Å². The van der Waals surface area contributed by atoms with Gasteiger partial charge in [-0.2, -0.15) is 0 Å². The van der Waals surface area contributed by atoms with Crippen LogP contribution in [0.1, 0.15) is 16.1 Å². The molecule has 1 N–H and O–H groups in total. The van der Waals surface area contributed by atoms with Crippen LogP contribution in [0.25, 0.3) is 0 Å². The Kier molecular flexibility index (Phi) is 3.60. The molecular formula is C13H10N2O5. The van der Waals surface area contributed by atoms with Crippen LogP contribution < -0.4 is 4.74 Å². The molecule has 0 atom stereocenters. The quantitative estimate of drug-likeness (QED) is 0.679. The van der Waals surface area contributed by atoms with E-state index in [2.05, 4.69) is 4.98 Å². The highest BCUT2D eigenvalue weighted by Crippen LogP contribution is 2.26. The standard InChI is InChI=1S/C13H10N2O5/c1-8-10(15(18)19)6-7-12(14-8)20-11-5-3-2-4-9(11)13(16)17/h2-7H,1H3,(H,16,17). The van der Waals surface area contributed by atoms with E-state index >= 15 is 0 Å². The Bertz CT molecular complexity index is 684. The number of ether oxygens (including phenoxy) is 1. The predicted molar refractivity (Wildman–Crippen MR) is 69.1 cm³/mol. The number of rotatable bonds is 4. The van der Waals surface area contributed by atoms with Gasteiger partial charge in [0.25, 0.3) is 5.69 Å². The number of aryl methyl sites for hydroxylation is 1. The largest absolute Gasteiger partial charge is 0.478 e. The van der Waals surface area contributed by atoms with Gasteiger partial charge < -0.3 is 9.84 Å². The fourth-order valence-electron chi connectivity index (χ4n) is 1.63. The van der Waals surface area contributed by atoms with Crippen LogP contribution in [0.5, 0.6) is 11.6 Å². The number of carboxylic acid groups (broad SMARTS) is 1. The number of para-hydroxylation sites is 1. The first kappa shape index (κ1) is 13.5. The molecule has 0 radical (unpaired) electrons. The van der Waals surface area contributed by atoms with Gasteiger partial charge in [-0.25, -0.2) is 9.78 Å². The Morgan fingerprint density at radius 1 is 1.30 bits per heavy atom. The highest BCUT2D eigenvalue weighted by molar-refractivity contribution is 5.90. The van der Waals surface area contributed by atoms with Crippen molar-refractivity contribution >= 4 is 11.7 Å². The topological polar surface area (TPSA) is 103 Å². The second-order valence-electron chi connectivity index (χ2n) is 3.91. The van der Waals surface area contributed by atoms with Crippen LogP contribution in [0.4, 0.5) is 5.69 Å². The number of nitrogens with zero attached hydrogens (tertiary/aromatic N) is 2. The number of aromatic carboxylic acids is 1. The molecule has 1 aromatic heterocycles. The average molecular weight is 274 g/mol. The van der Waals surface area contributed by atoms with Crippen molar-refractivity contribution in [3.05, 3.63) is 57.8 Å². The summed E-state index contributed by atoms with van der Waals surface area (Å²) in [5.74, 6) is -0.901. The molecule has 0 unspecified atom stereocenters. The first-order valence-electron chi connectivity index (χ1n) is 5.61. The van der Waals surface area contributed by atoms with E-state index in [1.54, 1.807) is 12.1 Å². The van der Waals surface area contributed by atoms with Crippen LogP contribution in [0.15, 0.2) is 36.4 Å². The van der Waals surface area contributed by atoms with Gasteiger partial charge in [0.1, 0.15) is 17.0 Å². The molecule has 0 fully saturated rings. The van der Waals surface area contributed by atoms with Gasteiger partial charge in [0, 0.05) is 12.1 Å². The molecule has 0 saturated heterocycles. The highest BCUT2D eigenvalue weighted by Gasteiger charge is 2.15. The third-order valence-corrected chi connectivity index (χ3v) is 2.56. The number of nitro groups is 1. The molecule has 0 aliphatic rings. The van der Waals surface area contributed by atoms with E-state index in [1.807, 2.05) is 0 Å². The number of hydrogen-bond donors (Lipinski definition) is 1. The second kappa shape index (κ2) is 5.35. The number of aromatic nitrogens is 1. The molecule has 2 rings (SSSR count). The Hall–Kier alpha value is -2.96. The lowest BCUT2D eigenvalue weighted by Crippen LogP contribution is -2.01. The van der Waals surface area contributed by atoms with Gasteiger partial charge in [-0.1, -0.05) is 12.1 Å². The second-order valence-corrected chi connectivity index (χ2v) is 3.91. The van der Waals surface area contributed by atoms with Crippen molar-refractivity contribution in [2.24, 2.45) is 0 Å². The summed E-state index contributed by atoms with van der Waals surface area (Å²) in [6.45, 7) is 1.48. The van der Waals surface area contributed by atoms with E-state index in [9.17, 15) is 14.9 Å². The number of pyridine rings is 1. The SMILES string of the molecule is Cc1nc(Oc2ccccc2C(=O)O)ccc1[N+](=O)[O-]. The molecule has 1 heterocycles. The average Bonchev–Trinajstić information content (AvgIpc) is 2.38. The maximum absolute atomic E-state index is 11.0. The van der Waals surface area contributed by atoms with E-state index < -0.39 is 10.9 Å². The third-order valence-electron chi connectivity index (χ3n) is 2.56. The molecule has 0 saturated carbocycles. The van der Waals surface area contributed by atoms with Gasteiger partial charge in [0.15, 0.2) is 0 Å². The third kappa shape index (κ3) is 2.72. The Morgan fingerprint density at radius 2 is 2.00 bits per heavy atom. The van der Waals surface area contributed by atoms with Crippen LogP contribution >= 0.6 is 0 Å². The molecule has 0 aliphatic heterocycles. The zero-order valence-electron chi connectivity index (χ0n) is 10.4. The molecule has 0 bridgehead atoms. The van der Waals surface area contributed by atoms with Crippen LogP contribution in [-0.2, 0) is 0 Å².